The predicted molar refractivity (Wildman–Crippen MR) is 73.5 cm³/mol. The first-order valence-corrected chi connectivity index (χ1v) is 5.97. The first-order valence-electron chi connectivity index (χ1n) is 5.97. The van der Waals surface area contributed by atoms with Gasteiger partial charge in [0.1, 0.15) is 0 Å². The molecule has 0 radical (unpaired) electrons. The molecule has 1 aromatic heterocycles. The fourth-order valence-corrected chi connectivity index (χ4v) is 1.68. The summed E-state index contributed by atoms with van der Waals surface area (Å²) in [6, 6.07) is 8.24. The molecule has 2 rings (SSSR count). The summed E-state index contributed by atoms with van der Waals surface area (Å²) in [4.78, 5) is 15.1. The first kappa shape index (κ1) is 14.8. The summed E-state index contributed by atoms with van der Waals surface area (Å²) in [7, 11) is 0. The zero-order chi connectivity index (χ0) is 15.5. The van der Waals surface area contributed by atoms with Crippen LogP contribution in [0.5, 0.6) is 0 Å². The monoisotopic (exact) mass is 292 g/mol. The van der Waals surface area contributed by atoms with E-state index in [9.17, 15) is 18.0 Å². The van der Waals surface area contributed by atoms with Gasteiger partial charge in [0.05, 0.1) is 11.3 Å². The molecule has 0 bridgehead atoms. The predicted octanol–water partition coefficient (Wildman–Crippen LogP) is 3.89. The lowest BCUT2D eigenvalue weighted by Gasteiger charge is -2.08. The number of nitrogens with one attached hydrogen (secondary N) is 1. The van der Waals surface area contributed by atoms with Gasteiger partial charge in [-0.05, 0) is 30.3 Å². The van der Waals surface area contributed by atoms with Gasteiger partial charge in [-0.1, -0.05) is 18.7 Å². The second kappa shape index (κ2) is 5.78. The van der Waals surface area contributed by atoms with Crippen LogP contribution >= 0.6 is 0 Å². The number of rotatable bonds is 3. The van der Waals surface area contributed by atoms with Crippen LogP contribution in [0.25, 0.3) is 11.3 Å². The molecule has 0 saturated carbocycles. The van der Waals surface area contributed by atoms with Crippen molar-refractivity contribution in [1.29, 1.82) is 0 Å². The fraction of sp³-hybridized carbons (Fsp3) is 0.0667. The van der Waals surface area contributed by atoms with Crippen molar-refractivity contribution in [2.75, 3.05) is 5.32 Å². The smallest absolute Gasteiger partial charge is 0.323 e. The molecule has 0 aliphatic rings. The Balaban J connectivity index is 2.27. The number of amides is 1. The average molecular weight is 292 g/mol. The molecule has 3 nitrogen and oxygen atoms in total. The molecule has 0 aliphatic heterocycles. The third kappa shape index (κ3) is 3.68. The largest absolute Gasteiger partial charge is 0.416 e. The summed E-state index contributed by atoms with van der Waals surface area (Å²) < 4.78 is 37.9. The van der Waals surface area contributed by atoms with Gasteiger partial charge >= 0.3 is 6.18 Å². The highest BCUT2D eigenvalue weighted by atomic mass is 19.4. The average Bonchev–Trinajstić information content (AvgIpc) is 2.47. The Labute approximate surface area is 119 Å². The van der Waals surface area contributed by atoms with Gasteiger partial charge in [0.2, 0.25) is 5.91 Å². The summed E-state index contributed by atoms with van der Waals surface area (Å²) in [5.41, 5.74) is 0.510. The van der Waals surface area contributed by atoms with Crippen LogP contribution in [0.1, 0.15) is 5.56 Å². The molecule has 0 spiro atoms. The van der Waals surface area contributed by atoms with Crippen molar-refractivity contribution in [3.8, 4) is 11.3 Å². The van der Waals surface area contributed by atoms with Crippen LogP contribution in [0.2, 0.25) is 0 Å². The third-order valence-corrected chi connectivity index (χ3v) is 2.72. The summed E-state index contributed by atoms with van der Waals surface area (Å²) in [6.45, 7) is 3.33. The molecule has 0 unspecified atom stereocenters. The minimum atomic E-state index is -4.41. The molecular formula is C15H11F3N2O. The lowest BCUT2D eigenvalue weighted by molar-refractivity contribution is -0.137. The van der Waals surface area contributed by atoms with E-state index in [4.69, 9.17) is 0 Å². The van der Waals surface area contributed by atoms with E-state index >= 15 is 0 Å². The van der Waals surface area contributed by atoms with E-state index in [0.29, 0.717) is 11.3 Å². The van der Waals surface area contributed by atoms with Gasteiger partial charge in [-0.25, -0.2) is 0 Å². The maximum Gasteiger partial charge on any atom is 0.416 e. The van der Waals surface area contributed by atoms with Crippen molar-refractivity contribution in [2.45, 2.75) is 6.18 Å². The van der Waals surface area contributed by atoms with Crippen molar-refractivity contribution in [3.63, 3.8) is 0 Å². The molecule has 108 valence electrons. The SMILES string of the molecule is C=CC(=O)Nc1ccc(-c2cc(C(F)(F)F)ccn2)cc1. The van der Waals surface area contributed by atoms with Crippen LogP contribution in [-0.2, 0) is 11.0 Å². The molecule has 0 fully saturated rings. The fourth-order valence-electron chi connectivity index (χ4n) is 1.68. The Bertz CT molecular complexity index is 663. The van der Waals surface area contributed by atoms with Gasteiger partial charge < -0.3 is 5.32 Å². The molecule has 1 heterocycles. The zero-order valence-electron chi connectivity index (χ0n) is 10.8. The Morgan fingerprint density at radius 2 is 1.86 bits per heavy atom. The van der Waals surface area contributed by atoms with E-state index in [-0.39, 0.29) is 11.6 Å². The zero-order valence-corrected chi connectivity index (χ0v) is 10.8. The minimum Gasteiger partial charge on any atom is -0.323 e. The van der Waals surface area contributed by atoms with E-state index < -0.39 is 11.7 Å². The molecular weight excluding hydrogens is 281 g/mol. The normalized spacial score (nSPS) is 11.0. The minimum absolute atomic E-state index is 0.214. The summed E-state index contributed by atoms with van der Waals surface area (Å²) in [5, 5.41) is 2.55. The number of hydrogen-bond donors (Lipinski definition) is 1. The highest BCUT2D eigenvalue weighted by molar-refractivity contribution is 5.98. The number of alkyl halides is 3. The number of benzene rings is 1. The molecule has 21 heavy (non-hydrogen) atoms. The molecule has 1 N–H and O–H groups in total. The van der Waals surface area contributed by atoms with E-state index in [2.05, 4.69) is 16.9 Å². The molecule has 1 amide bonds. The molecule has 0 aliphatic carbocycles. The second-order valence-corrected chi connectivity index (χ2v) is 4.20. The lowest BCUT2D eigenvalue weighted by atomic mass is 10.1. The molecule has 1 aromatic carbocycles. The van der Waals surface area contributed by atoms with Crippen LogP contribution in [0, 0.1) is 0 Å². The number of hydrogen-bond acceptors (Lipinski definition) is 2. The highest BCUT2D eigenvalue weighted by Gasteiger charge is 2.30. The van der Waals surface area contributed by atoms with Crippen molar-refractivity contribution in [2.24, 2.45) is 0 Å². The Morgan fingerprint density at radius 3 is 2.43 bits per heavy atom. The number of nitrogens with zero attached hydrogens (tertiary/aromatic N) is 1. The number of anilines is 1. The van der Waals surface area contributed by atoms with E-state index in [0.717, 1.165) is 24.4 Å². The van der Waals surface area contributed by atoms with Crippen molar-refractivity contribution >= 4 is 11.6 Å². The lowest BCUT2D eigenvalue weighted by Crippen LogP contribution is -2.07. The summed E-state index contributed by atoms with van der Waals surface area (Å²) in [5.74, 6) is -0.361. The van der Waals surface area contributed by atoms with Crippen LogP contribution in [0.15, 0.2) is 55.3 Å². The van der Waals surface area contributed by atoms with Gasteiger partial charge in [0, 0.05) is 17.4 Å². The standard InChI is InChI=1S/C15H11F3N2O/c1-2-14(21)20-12-5-3-10(4-6-12)13-9-11(7-8-19-13)15(16,17)18/h2-9H,1H2,(H,20,21). The first-order chi connectivity index (χ1) is 9.90. The Kier molecular flexibility index (Phi) is 4.07. The van der Waals surface area contributed by atoms with Gasteiger partial charge in [0.25, 0.3) is 0 Å². The second-order valence-electron chi connectivity index (χ2n) is 4.20. The summed E-state index contributed by atoms with van der Waals surface area (Å²) in [6.07, 6.45) is -2.16. The number of carbonyl (C=O) groups is 1. The van der Waals surface area contributed by atoms with Crippen LogP contribution in [0.4, 0.5) is 18.9 Å². The number of halogens is 3. The van der Waals surface area contributed by atoms with Crippen LogP contribution in [-0.4, -0.2) is 10.9 Å². The number of aromatic nitrogens is 1. The molecule has 0 atom stereocenters. The van der Waals surface area contributed by atoms with Crippen molar-refractivity contribution < 1.29 is 18.0 Å². The topological polar surface area (TPSA) is 42.0 Å². The maximum atomic E-state index is 12.6. The van der Waals surface area contributed by atoms with Gasteiger partial charge in [-0.3, -0.25) is 9.78 Å². The number of carbonyl (C=O) groups excluding carboxylic acids is 1. The van der Waals surface area contributed by atoms with Gasteiger partial charge in [0.15, 0.2) is 0 Å². The maximum absolute atomic E-state index is 12.6. The van der Waals surface area contributed by atoms with Crippen LogP contribution < -0.4 is 5.32 Å². The van der Waals surface area contributed by atoms with Crippen LogP contribution in [0.3, 0.4) is 0 Å². The Hall–Kier alpha value is -2.63. The Morgan fingerprint density at radius 1 is 1.19 bits per heavy atom. The summed E-state index contributed by atoms with van der Waals surface area (Å²) >= 11 is 0. The highest BCUT2D eigenvalue weighted by Crippen LogP contribution is 2.31. The van der Waals surface area contributed by atoms with E-state index in [1.165, 1.54) is 0 Å². The molecule has 2 aromatic rings. The molecule has 0 saturated heterocycles. The van der Waals surface area contributed by atoms with E-state index in [1.807, 2.05) is 0 Å². The van der Waals surface area contributed by atoms with Crippen molar-refractivity contribution in [1.82, 2.24) is 4.98 Å². The van der Waals surface area contributed by atoms with Crippen molar-refractivity contribution in [3.05, 3.63) is 60.8 Å². The quantitative estimate of drug-likeness (QED) is 0.872. The third-order valence-electron chi connectivity index (χ3n) is 2.72. The van der Waals surface area contributed by atoms with E-state index in [1.54, 1.807) is 24.3 Å². The van der Waals surface area contributed by atoms with Gasteiger partial charge in [-0.2, -0.15) is 13.2 Å². The molecule has 6 heteroatoms. The number of pyridine rings is 1. The van der Waals surface area contributed by atoms with Gasteiger partial charge in [-0.15, -0.1) is 0 Å².